The Bertz CT molecular complexity index is 1090. The molecule has 0 unspecified atom stereocenters. The average Bonchev–Trinajstić information content (AvgIpc) is 3.03. The van der Waals surface area contributed by atoms with E-state index in [-0.39, 0.29) is 11.7 Å². The highest BCUT2D eigenvalue weighted by atomic mass is 16.5. The Kier molecular flexibility index (Phi) is 8.98. The number of amides is 1. The summed E-state index contributed by atoms with van der Waals surface area (Å²) in [5.74, 6) is -1.90. The van der Waals surface area contributed by atoms with E-state index in [0.717, 1.165) is 29.9 Å². The summed E-state index contributed by atoms with van der Waals surface area (Å²) in [6.07, 6.45) is 2.21. The van der Waals surface area contributed by atoms with Gasteiger partial charge >= 0.3 is 11.9 Å². The molecule has 1 amide bonds. The molecular weight excluding hydrogens is 422 g/mol. The van der Waals surface area contributed by atoms with Crippen LogP contribution in [0.1, 0.15) is 54.5 Å². The number of carbonyl (C=O) groups is 3. The molecule has 174 valence electrons. The van der Waals surface area contributed by atoms with Crippen molar-refractivity contribution in [2.24, 2.45) is 0 Å². The number of esters is 2. The molecule has 0 spiro atoms. The van der Waals surface area contributed by atoms with Gasteiger partial charge in [-0.1, -0.05) is 6.92 Å². The molecule has 0 fully saturated rings. The molecule has 1 N–H and O–H groups in total. The minimum atomic E-state index is -0.875. The van der Waals surface area contributed by atoms with Crippen molar-refractivity contribution in [1.29, 1.82) is 5.26 Å². The summed E-state index contributed by atoms with van der Waals surface area (Å²) in [5.41, 5.74) is 3.34. The first-order valence-electron chi connectivity index (χ1n) is 10.7. The van der Waals surface area contributed by atoms with Crippen molar-refractivity contribution in [3.8, 4) is 6.07 Å². The van der Waals surface area contributed by atoms with Crippen molar-refractivity contribution in [3.63, 3.8) is 0 Å². The number of benzene rings is 1. The normalized spacial score (nSPS) is 11.1. The molecule has 2 rings (SSSR count). The Hall–Kier alpha value is -3.86. The molecule has 2 aromatic rings. The highest BCUT2D eigenvalue weighted by Crippen LogP contribution is 2.19. The molecule has 0 saturated carbocycles. The van der Waals surface area contributed by atoms with Gasteiger partial charge in [0.05, 0.1) is 11.7 Å². The van der Waals surface area contributed by atoms with Crippen LogP contribution in [0.3, 0.4) is 0 Å². The van der Waals surface area contributed by atoms with E-state index in [0.29, 0.717) is 11.3 Å². The van der Waals surface area contributed by atoms with E-state index in [2.05, 4.69) is 16.8 Å². The number of anilines is 1. The van der Waals surface area contributed by atoms with Gasteiger partial charge in [0, 0.05) is 23.6 Å². The van der Waals surface area contributed by atoms with Crippen LogP contribution in [0, 0.1) is 25.2 Å². The minimum Gasteiger partial charge on any atom is -0.459 e. The predicted octanol–water partition coefficient (Wildman–Crippen LogP) is 4.17. The van der Waals surface area contributed by atoms with Crippen LogP contribution >= 0.6 is 0 Å². The molecule has 0 aliphatic rings. The predicted molar refractivity (Wildman–Crippen MR) is 124 cm³/mol. The van der Waals surface area contributed by atoms with E-state index in [4.69, 9.17) is 9.47 Å². The van der Waals surface area contributed by atoms with Crippen molar-refractivity contribution in [3.05, 3.63) is 58.4 Å². The second kappa shape index (κ2) is 11.7. The number of nitriles is 1. The number of hydrogen-bond donors (Lipinski definition) is 1. The summed E-state index contributed by atoms with van der Waals surface area (Å²) in [7, 11) is 0. The van der Waals surface area contributed by atoms with E-state index in [9.17, 15) is 19.6 Å². The lowest BCUT2D eigenvalue weighted by molar-refractivity contribution is -0.142. The van der Waals surface area contributed by atoms with E-state index < -0.39 is 24.5 Å². The number of ether oxygens (including phenoxy) is 2. The fraction of sp³-hybridized carbons (Fsp3) is 0.360. The van der Waals surface area contributed by atoms with Gasteiger partial charge in [-0.2, -0.15) is 5.26 Å². The minimum absolute atomic E-state index is 0.187. The van der Waals surface area contributed by atoms with Gasteiger partial charge in [-0.25, -0.2) is 9.59 Å². The third kappa shape index (κ3) is 7.07. The fourth-order valence-corrected chi connectivity index (χ4v) is 3.21. The number of hydrogen-bond acceptors (Lipinski definition) is 6. The molecule has 8 heteroatoms. The zero-order valence-electron chi connectivity index (χ0n) is 19.6. The molecule has 1 aromatic heterocycles. The number of nitrogens with zero attached hydrogens (tertiary/aromatic N) is 2. The SMILES string of the molecule is CCCn1c(C)cc(/C=C(\C#N)C(=O)OCC(=O)Nc2ccc(C(=O)OC(C)C)cc2)c1C. The maximum absolute atomic E-state index is 12.3. The molecule has 0 atom stereocenters. The van der Waals surface area contributed by atoms with Gasteiger partial charge in [-0.05, 0) is 76.1 Å². The van der Waals surface area contributed by atoms with Crippen molar-refractivity contribution in [2.45, 2.75) is 53.7 Å². The zero-order valence-corrected chi connectivity index (χ0v) is 19.6. The maximum atomic E-state index is 12.3. The molecule has 1 heterocycles. The molecule has 0 bridgehead atoms. The molecule has 0 aliphatic heterocycles. The van der Waals surface area contributed by atoms with Crippen LogP contribution in [-0.2, 0) is 25.6 Å². The first kappa shape index (κ1) is 25.4. The summed E-state index contributed by atoms with van der Waals surface area (Å²) >= 11 is 0. The number of carbonyl (C=O) groups excluding carboxylic acids is 3. The summed E-state index contributed by atoms with van der Waals surface area (Å²) in [6, 6.07) is 9.89. The first-order valence-corrected chi connectivity index (χ1v) is 10.7. The Morgan fingerprint density at radius 2 is 1.85 bits per heavy atom. The number of rotatable bonds is 9. The lowest BCUT2D eigenvalue weighted by Gasteiger charge is -2.09. The van der Waals surface area contributed by atoms with Gasteiger partial charge in [-0.3, -0.25) is 4.79 Å². The van der Waals surface area contributed by atoms with Crippen molar-refractivity contribution < 1.29 is 23.9 Å². The second-order valence-corrected chi connectivity index (χ2v) is 7.80. The van der Waals surface area contributed by atoms with E-state index in [1.807, 2.05) is 26.0 Å². The molecular formula is C25H29N3O5. The molecule has 0 saturated heterocycles. The Morgan fingerprint density at radius 1 is 1.18 bits per heavy atom. The molecule has 1 aromatic carbocycles. The van der Waals surface area contributed by atoms with Gasteiger partial charge in [0.1, 0.15) is 11.6 Å². The lowest BCUT2D eigenvalue weighted by Crippen LogP contribution is -2.21. The molecule has 0 aliphatic carbocycles. The average molecular weight is 452 g/mol. The van der Waals surface area contributed by atoms with Crippen molar-refractivity contribution in [2.75, 3.05) is 11.9 Å². The van der Waals surface area contributed by atoms with Crippen molar-refractivity contribution in [1.82, 2.24) is 4.57 Å². The third-order valence-electron chi connectivity index (χ3n) is 4.78. The number of aryl methyl sites for hydroxylation is 1. The van der Waals surface area contributed by atoms with Crippen molar-refractivity contribution >= 4 is 29.6 Å². The highest BCUT2D eigenvalue weighted by molar-refractivity contribution is 6.00. The quantitative estimate of drug-likeness (QED) is 0.348. The van der Waals surface area contributed by atoms with Crippen LogP contribution in [0.15, 0.2) is 35.9 Å². The summed E-state index contributed by atoms with van der Waals surface area (Å²) in [4.78, 5) is 36.3. The molecule has 8 nitrogen and oxygen atoms in total. The van der Waals surface area contributed by atoms with Gasteiger partial charge in [0.2, 0.25) is 0 Å². The number of aromatic nitrogens is 1. The van der Waals surface area contributed by atoms with E-state index in [1.54, 1.807) is 26.0 Å². The van der Waals surface area contributed by atoms with Crippen LogP contribution in [0.25, 0.3) is 6.08 Å². The topological polar surface area (TPSA) is 110 Å². The van der Waals surface area contributed by atoms with Gasteiger partial charge in [0.15, 0.2) is 6.61 Å². The number of nitrogens with one attached hydrogen (secondary N) is 1. The van der Waals surface area contributed by atoms with Crippen LogP contribution in [0.4, 0.5) is 5.69 Å². The van der Waals surface area contributed by atoms with Crippen LogP contribution < -0.4 is 5.32 Å². The van der Waals surface area contributed by atoms with E-state index >= 15 is 0 Å². The fourth-order valence-electron chi connectivity index (χ4n) is 3.21. The van der Waals surface area contributed by atoms with E-state index in [1.165, 1.54) is 18.2 Å². The Balaban J connectivity index is 1.97. The first-order chi connectivity index (χ1) is 15.7. The van der Waals surface area contributed by atoms with Crippen LogP contribution in [0.5, 0.6) is 0 Å². The van der Waals surface area contributed by atoms with Gasteiger partial charge in [0.25, 0.3) is 5.91 Å². The summed E-state index contributed by atoms with van der Waals surface area (Å²) in [6.45, 7) is 9.77. The summed E-state index contributed by atoms with van der Waals surface area (Å²) < 4.78 is 12.2. The second-order valence-electron chi connectivity index (χ2n) is 7.80. The largest absolute Gasteiger partial charge is 0.459 e. The van der Waals surface area contributed by atoms with Gasteiger partial charge in [-0.15, -0.1) is 0 Å². The maximum Gasteiger partial charge on any atom is 0.349 e. The molecule has 0 radical (unpaired) electrons. The standard InChI is InChI=1S/C25H29N3O5/c1-6-11-28-17(4)12-20(18(28)5)13-21(14-26)24(30)32-15-23(29)27-22-9-7-19(8-10-22)25(31)33-16(2)3/h7-10,12-13,16H,6,11,15H2,1-5H3,(H,27,29)/b21-13+. The zero-order chi connectivity index (χ0) is 24.5. The monoisotopic (exact) mass is 451 g/mol. The van der Waals surface area contributed by atoms with Crippen LogP contribution in [0.2, 0.25) is 0 Å². The Morgan fingerprint density at radius 3 is 2.42 bits per heavy atom. The van der Waals surface area contributed by atoms with Crippen LogP contribution in [-0.4, -0.2) is 35.1 Å². The lowest BCUT2D eigenvalue weighted by atomic mass is 10.1. The summed E-state index contributed by atoms with van der Waals surface area (Å²) in [5, 5.41) is 12.0. The smallest absolute Gasteiger partial charge is 0.349 e. The van der Waals surface area contributed by atoms with Gasteiger partial charge < -0.3 is 19.4 Å². The third-order valence-corrected chi connectivity index (χ3v) is 4.78. The molecule has 33 heavy (non-hydrogen) atoms. The Labute approximate surface area is 193 Å². The highest BCUT2D eigenvalue weighted by Gasteiger charge is 2.16.